The maximum absolute atomic E-state index is 17.0. The average Bonchev–Trinajstić information content (AvgIpc) is 3.43. The van der Waals surface area contributed by atoms with Crippen molar-refractivity contribution in [2.75, 3.05) is 44.4 Å². The predicted octanol–water partition coefficient (Wildman–Crippen LogP) is 5.14. The summed E-state index contributed by atoms with van der Waals surface area (Å²) in [5.74, 6) is 1.17. The molecule has 12 heteroatoms. The molecule has 3 saturated heterocycles. The topological polar surface area (TPSA) is 93.1 Å². The zero-order valence-electron chi connectivity index (χ0n) is 25.2. The van der Waals surface area contributed by atoms with E-state index in [1.165, 1.54) is 24.3 Å². The largest absolute Gasteiger partial charge is 0.508 e. The minimum atomic E-state index is -0.939. The number of fused-ring (bicyclic) bond motifs is 4. The quantitative estimate of drug-likeness (QED) is 0.308. The second-order valence-corrected chi connectivity index (χ2v) is 12.7. The molecule has 0 amide bonds. The van der Waals surface area contributed by atoms with E-state index in [1.807, 2.05) is 6.92 Å². The highest BCUT2D eigenvalue weighted by Gasteiger charge is 2.49. The highest BCUT2D eigenvalue weighted by molar-refractivity contribution is 6.04. The van der Waals surface area contributed by atoms with E-state index in [-0.39, 0.29) is 76.0 Å². The first kappa shape index (κ1) is 29.1. The Hall–Kier alpha value is -4.34. The first-order valence-corrected chi connectivity index (χ1v) is 15.6. The molecule has 0 radical (unpaired) electrons. The number of halogens is 3. The Bertz CT molecular complexity index is 1940. The number of alkyl halides is 1. The van der Waals surface area contributed by atoms with Gasteiger partial charge >= 0.3 is 6.01 Å². The number of hydrogen-bond acceptors (Lipinski definition) is 9. The molecule has 238 valence electrons. The number of phenols is 1. The fraction of sp³-hybridized carbons (Fsp3) is 0.441. The van der Waals surface area contributed by atoms with Crippen molar-refractivity contribution in [3.8, 4) is 41.2 Å². The Morgan fingerprint density at radius 2 is 2.04 bits per heavy atom. The van der Waals surface area contributed by atoms with Gasteiger partial charge in [0.25, 0.3) is 0 Å². The summed E-state index contributed by atoms with van der Waals surface area (Å²) in [6, 6.07) is 5.03. The van der Waals surface area contributed by atoms with E-state index >= 15 is 4.39 Å². The third-order valence-corrected chi connectivity index (χ3v) is 9.91. The van der Waals surface area contributed by atoms with E-state index in [2.05, 4.69) is 25.7 Å². The summed E-state index contributed by atoms with van der Waals surface area (Å²) in [7, 11) is 0. The lowest BCUT2D eigenvalue weighted by Gasteiger charge is -2.34. The molecule has 8 rings (SSSR count). The number of ether oxygens (including phenoxy) is 3. The number of aromatic hydroxyl groups is 1. The number of pyridine rings is 1. The van der Waals surface area contributed by atoms with Crippen molar-refractivity contribution in [3.05, 3.63) is 41.5 Å². The summed E-state index contributed by atoms with van der Waals surface area (Å²) >= 11 is 0. The highest BCUT2D eigenvalue weighted by Crippen LogP contribution is 2.45. The SMILES string of the molecule is C#Cc1c(F)ccc2cc(O)cc(-c3nc4c5c(nc(OC[C@@]67CCCN6C[C@H](F)C7)nc5c3F)N3[C@@H](COCC[C@@H]3C)CO4)c12. The summed E-state index contributed by atoms with van der Waals surface area (Å²) in [5.41, 5.74) is -0.802. The van der Waals surface area contributed by atoms with Gasteiger partial charge in [0.15, 0.2) is 5.82 Å². The first-order valence-electron chi connectivity index (χ1n) is 15.6. The number of hydrogen-bond donors (Lipinski definition) is 1. The second kappa shape index (κ2) is 10.9. The van der Waals surface area contributed by atoms with Crippen LogP contribution < -0.4 is 14.4 Å². The van der Waals surface area contributed by atoms with Crippen molar-refractivity contribution in [3.63, 3.8) is 0 Å². The molecule has 46 heavy (non-hydrogen) atoms. The van der Waals surface area contributed by atoms with Crippen LogP contribution in [0.5, 0.6) is 17.6 Å². The lowest BCUT2D eigenvalue weighted by molar-refractivity contribution is 0.107. The summed E-state index contributed by atoms with van der Waals surface area (Å²) in [4.78, 5) is 18.2. The molecule has 0 unspecified atom stereocenters. The molecule has 4 aliphatic rings. The summed E-state index contributed by atoms with van der Waals surface area (Å²) < 4.78 is 64.8. The Morgan fingerprint density at radius 1 is 1.17 bits per heavy atom. The van der Waals surface area contributed by atoms with Crippen LogP contribution in [0.3, 0.4) is 0 Å². The number of anilines is 1. The molecule has 0 saturated carbocycles. The molecule has 3 fully saturated rings. The zero-order chi connectivity index (χ0) is 31.7. The number of terminal acetylenes is 1. The third kappa shape index (κ3) is 4.51. The minimum absolute atomic E-state index is 0.0436. The van der Waals surface area contributed by atoms with E-state index < -0.39 is 23.3 Å². The Kier molecular flexibility index (Phi) is 6.88. The Labute approximate surface area is 263 Å². The van der Waals surface area contributed by atoms with Gasteiger partial charge < -0.3 is 24.2 Å². The third-order valence-electron chi connectivity index (χ3n) is 9.91. The second-order valence-electron chi connectivity index (χ2n) is 12.7. The molecule has 1 N–H and O–H groups in total. The Morgan fingerprint density at radius 3 is 2.89 bits per heavy atom. The number of phenolic OH excluding ortho intramolecular Hbond substituents is 1. The van der Waals surface area contributed by atoms with E-state index in [4.69, 9.17) is 25.6 Å². The number of nitrogens with zero attached hydrogens (tertiary/aromatic N) is 5. The molecule has 0 bridgehead atoms. The van der Waals surface area contributed by atoms with Gasteiger partial charge in [0.05, 0.1) is 23.8 Å². The van der Waals surface area contributed by atoms with Crippen LogP contribution in [0.15, 0.2) is 24.3 Å². The molecular weight excluding hydrogens is 599 g/mol. The summed E-state index contributed by atoms with van der Waals surface area (Å²) in [6.07, 6.45) is 7.55. The van der Waals surface area contributed by atoms with E-state index in [0.29, 0.717) is 43.8 Å². The molecular formula is C34H32F3N5O4. The molecule has 0 aliphatic carbocycles. The van der Waals surface area contributed by atoms with Crippen LogP contribution in [-0.2, 0) is 4.74 Å². The lowest BCUT2D eigenvalue weighted by atomic mass is 9.95. The van der Waals surface area contributed by atoms with E-state index in [9.17, 15) is 13.9 Å². The molecule has 9 nitrogen and oxygen atoms in total. The van der Waals surface area contributed by atoms with Crippen molar-refractivity contribution < 1.29 is 32.5 Å². The summed E-state index contributed by atoms with van der Waals surface area (Å²) in [6.45, 7) is 4.43. The van der Waals surface area contributed by atoms with Crippen LogP contribution in [0.4, 0.5) is 19.0 Å². The van der Waals surface area contributed by atoms with Gasteiger partial charge in [-0.1, -0.05) is 12.0 Å². The van der Waals surface area contributed by atoms with Gasteiger partial charge in [0.1, 0.15) is 53.4 Å². The van der Waals surface area contributed by atoms with Crippen molar-refractivity contribution >= 4 is 27.5 Å². The van der Waals surface area contributed by atoms with Gasteiger partial charge in [-0.3, -0.25) is 4.90 Å². The summed E-state index contributed by atoms with van der Waals surface area (Å²) in [5, 5.41) is 11.5. The van der Waals surface area contributed by atoms with Crippen LogP contribution in [0, 0.1) is 24.0 Å². The van der Waals surface area contributed by atoms with E-state index in [1.54, 1.807) is 0 Å². The van der Waals surface area contributed by atoms with Gasteiger partial charge in [0.2, 0.25) is 5.88 Å². The van der Waals surface area contributed by atoms with Gasteiger partial charge in [-0.15, -0.1) is 6.42 Å². The maximum Gasteiger partial charge on any atom is 0.319 e. The zero-order valence-corrected chi connectivity index (χ0v) is 25.2. The van der Waals surface area contributed by atoms with Crippen molar-refractivity contribution in [2.24, 2.45) is 0 Å². The number of aromatic nitrogens is 3. The van der Waals surface area contributed by atoms with Crippen LogP contribution in [0.1, 0.15) is 38.2 Å². The normalized spacial score (nSPS) is 25.9. The first-order chi connectivity index (χ1) is 22.3. The molecule has 4 aromatic rings. The predicted molar refractivity (Wildman–Crippen MR) is 165 cm³/mol. The monoisotopic (exact) mass is 631 g/mol. The van der Waals surface area contributed by atoms with Crippen LogP contribution in [-0.4, -0.2) is 88.3 Å². The fourth-order valence-electron chi connectivity index (χ4n) is 7.78. The van der Waals surface area contributed by atoms with E-state index in [0.717, 1.165) is 19.4 Å². The minimum Gasteiger partial charge on any atom is -0.508 e. The standard InChI is InChI=1S/C34H32F3N5O4/c1-3-23-25(36)6-5-19-11-22(43)12-24(26(19)23)29-28(37)30-27-31(42-18(2)7-10-44-15-21(42)16-45-32(27)38-29)40-33(39-30)46-17-34-8-4-9-41(34)14-20(35)13-34/h1,5-6,11-12,18,20-21,43H,4,7-10,13-17H2,2H3/t18-,20+,21-,34-/m0/s1. The highest BCUT2D eigenvalue weighted by atomic mass is 19.1. The van der Waals surface area contributed by atoms with Crippen LogP contribution >= 0.6 is 0 Å². The van der Waals surface area contributed by atoms with Crippen LogP contribution in [0.25, 0.3) is 32.9 Å². The van der Waals surface area contributed by atoms with Gasteiger partial charge in [0, 0.05) is 36.6 Å². The van der Waals surface area contributed by atoms with Crippen molar-refractivity contribution in [1.29, 1.82) is 0 Å². The fourth-order valence-corrected chi connectivity index (χ4v) is 7.78. The maximum atomic E-state index is 17.0. The lowest BCUT2D eigenvalue weighted by Crippen LogP contribution is -2.46. The molecule has 4 aliphatic heterocycles. The smallest absolute Gasteiger partial charge is 0.319 e. The molecule has 4 atom stereocenters. The van der Waals surface area contributed by atoms with Gasteiger partial charge in [-0.05, 0) is 56.3 Å². The van der Waals surface area contributed by atoms with Gasteiger partial charge in [-0.2, -0.15) is 9.97 Å². The molecule has 2 aromatic carbocycles. The van der Waals surface area contributed by atoms with Crippen molar-refractivity contribution in [2.45, 2.75) is 56.4 Å². The number of benzene rings is 2. The van der Waals surface area contributed by atoms with Gasteiger partial charge in [-0.25, -0.2) is 18.2 Å². The molecule has 0 spiro atoms. The molecule has 6 heterocycles. The van der Waals surface area contributed by atoms with Crippen molar-refractivity contribution in [1.82, 2.24) is 19.9 Å². The molecule has 2 aromatic heterocycles. The Balaban J connectivity index is 1.35. The van der Waals surface area contributed by atoms with Crippen LogP contribution in [0.2, 0.25) is 0 Å². The average molecular weight is 632 g/mol. The number of rotatable bonds is 4.